The fraction of sp³-hybridized carbons (Fsp3) is 0.350. The molecule has 0 spiro atoms. The van der Waals surface area contributed by atoms with Crippen LogP contribution in [0.3, 0.4) is 0 Å². The van der Waals surface area contributed by atoms with Gasteiger partial charge in [-0.25, -0.2) is 4.39 Å². The molecule has 27 heavy (non-hydrogen) atoms. The largest absolute Gasteiger partial charge is 0.454 e. The number of carbonyl (C=O) groups excluding carboxylic acids is 1. The Morgan fingerprint density at radius 1 is 1.11 bits per heavy atom. The highest BCUT2D eigenvalue weighted by Gasteiger charge is 2.47. The average molecular weight is 391 g/mol. The Balaban J connectivity index is 0.00000180. The quantitative estimate of drug-likeness (QED) is 0.856. The molecule has 5 rings (SSSR count). The molecule has 0 unspecified atom stereocenters. The molecule has 2 aromatic rings. The van der Waals surface area contributed by atoms with E-state index in [9.17, 15) is 9.18 Å². The summed E-state index contributed by atoms with van der Waals surface area (Å²) in [6.07, 6.45) is 0. The molecule has 0 saturated carbocycles. The fourth-order valence-corrected chi connectivity index (χ4v) is 4.44. The Morgan fingerprint density at radius 2 is 1.96 bits per heavy atom. The number of amides is 1. The van der Waals surface area contributed by atoms with Crippen molar-refractivity contribution in [3.63, 3.8) is 0 Å². The highest BCUT2D eigenvalue weighted by molar-refractivity contribution is 5.95. The minimum absolute atomic E-state index is 0. The highest BCUT2D eigenvalue weighted by Crippen LogP contribution is 2.44. The summed E-state index contributed by atoms with van der Waals surface area (Å²) in [7, 11) is 0. The van der Waals surface area contributed by atoms with E-state index in [1.54, 1.807) is 30.3 Å². The third kappa shape index (κ3) is 3.03. The molecule has 3 atom stereocenters. The van der Waals surface area contributed by atoms with E-state index in [-0.39, 0.29) is 37.0 Å². The van der Waals surface area contributed by atoms with Crippen LogP contribution in [0.1, 0.15) is 22.0 Å². The Bertz CT molecular complexity index is 878. The van der Waals surface area contributed by atoms with Crippen LogP contribution >= 0.6 is 12.4 Å². The van der Waals surface area contributed by atoms with Crippen molar-refractivity contribution in [2.24, 2.45) is 11.8 Å². The lowest BCUT2D eigenvalue weighted by molar-refractivity contribution is 0.0713. The predicted octanol–water partition coefficient (Wildman–Crippen LogP) is 3.01. The standard InChI is InChI=1S/C20H19FN2O3.ClH/c21-15-3-1-2-12(6-15)19-16-9-22-8-14(16)10-23(19)20(24)13-4-5-17-18(7-13)26-11-25-17;/h1-7,14,16,19,22H,8-11H2;1H/t14-,16-,19+;/m0./s1. The zero-order valence-corrected chi connectivity index (χ0v) is 15.4. The molecule has 2 saturated heterocycles. The molecule has 142 valence electrons. The van der Waals surface area contributed by atoms with Crippen molar-refractivity contribution in [3.8, 4) is 11.5 Å². The van der Waals surface area contributed by atoms with Crippen LogP contribution in [0.15, 0.2) is 42.5 Å². The topological polar surface area (TPSA) is 50.8 Å². The van der Waals surface area contributed by atoms with Crippen LogP contribution in [0.25, 0.3) is 0 Å². The maximum Gasteiger partial charge on any atom is 0.254 e. The first-order chi connectivity index (χ1) is 12.7. The molecule has 0 radical (unpaired) electrons. The number of benzene rings is 2. The molecule has 1 N–H and O–H groups in total. The molecule has 2 fully saturated rings. The number of hydrogen-bond acceptors (Lipinski definition) is 4. The molecule has 7 heteroatoms. The van der Waals surface area contributed by atoms with Crippen LogP contribution < -0.4 is 14.8 Å². The Kier molecular flexibility index (Phi) is 4.70. The molecule has 3 aliphatic heterocycles. The first-order valence-electron chi connectivity index (χ1n) is 8.87. The monoisotopic (exact) mass is 390 g/mol. The van der Waals surface area contributed by atoms with Gasteiger partial charge in [0.1, 0.15) is 5.82 Å². The van der Waals surface area contributed by atoms with E-state index < -0.39 is 0 Å². The molecule has 0 bridgehead atoms. The van der Waals surface area contributed by atoms with Crippen LogP contribution in [-0.4, -0.2) is 37.2 Å². The van der Waals surface area contributed by atoms with E-state index in [0.29, 0.717) is 35.4 Å². The molecule has 0 aromatic heterocycles. The normalized spacial score (nSPS) is 25.2. The molecular formula is C20H20ClFN2O3. The van der Waals surface area contributed by atoms with E-state index >= 15 is 0 Å². The van der Waals surface area contributed by atoms with Gasteiger partial charge in [0.2, 0.25) is 6.79 Å². The second kappa shape index (κ2) is 7.02. The van der Waals surface area contributed by atoms with Crippen molar-refractivity contribution in [2.45, 2.75) is 6.04 Å². The summed E-state index contributed by atoms with van der Waals surface area (Å²) in [5.41, 5.74) is 1.43. The van der Waals surface area contributed by atoms with Gasteiger partial charge in [0.05, 0.1) is 6.04 Å². The molecule has 0 aliphatic carbocycles. The van der Waals surface area contributed by atoms with Gasteiger partial charge in [-0.3, -0.25) is 4.79 Å². The number of rotatable bonds is 2. The SMILES string of the molecule is Cl.O=C(c1ccc2c(c1)OCO2)N1C[C@@H]2CNC[C@@H]2[C@H]1c1cccc(F)c1. The zero-order chi connectivity index (χ0) is 17.7. The van der Waals surface area contributed by atoms with Gasteiger partial charge in [-0.15, -0.1) is 12.4 Å². The van der Waals surface area contributed by atoms with Gasteiger partial charge in [0.25, 0.3) is 5.91 Å². The van der Waals surface area contributed by atoms with Crippen molar-refractivity contribution in [1.82, 2.24) is 10.2 Å². The van der Waals surface area contributed by atoms with E-state index in [4.69, 9.17) is 9.47 Å². The molecule has 3 heterocycles. The van der Waals surface area contributed by atoms with Gasteiger partial charge in [-0.1, -0.05) is 12.1 Å². The maximum atomic E-state index is 13.8. The summed E-state index contributed by atoms with van der Waals surface area (Å²) in [5.74, 6) is 1.63. The Labute approximate surface area is 162 Å². The second-order valence-electron chi connectivity index (χ2n) is 7.11. The summed E-state index contributed by atoms with van der Waals surface area (Å²) in [6.45, 7) is 2.59. The third-order valence-corrected chi connectivity index (χ3v) is 5.64. The van der Waals surface area contributed by atoms with E-state index in [1.165, 1.54) is 6.07 Å². The summed E-state index contributed by atoms with van der Waals surface area (Å²) >= 11 is 0. The maximum absolute atomic E-state index is 13.8. The number of nitrogens with zero attached hydrogens (tertiary/aromatic N) is 1. The smallest absolute Gasteiger partial charge is 0.254 e. The fourth-order valence-electron chi connectivity index (χ4n) is 4.44. The lowest BCUT2D eigenvalue weighted by Crippen LogP contribution is -2.34. The molecule has 1 amide bonds. The minimum atomic E-state index is -0.271. The Hall–Kier alpha value is -2.31. The second-order valence-corrected chi connectivity index (χ2v) is 7.11. The third-order valence-electron chi connectivity index (χ3n) is 5.64. The van der Waals surface area contributed by atoms with Gasteiger partial charge in [0.15, 0.2) is 11.5 Å². The van der Waals surface area contributed by atoms with Crippen molar-refractivity contribution in [2.75, 3.05) is 26.4 Å². The van der Waals surface area contributed by atoms with Gasteiger partial charge in [0, 0.05) is 31.1 Å². The number of hydrogen-bond donors (Lipinski definition) is 1. The molecule has 5 nitrogen and oxygen atoms in total. The number of ether oxygens (including phenoxy) is 2. The van der Waals surface area contributed by atoms with Crippen LogP contribution in [0, 0.1) is 17.7 Å². The first-order valence-corrected chi connectivity index (χ1v) is 8.87. The number of nitrogens with one attached hydrogen (secondary N) is 1. The van der Waals surface area contributed by atoms with Gasteiger partial charge in [-0.05, 0) is 41.8 Å². The summed E-state index contributed by atoms with van der Waals surface area (Å²) in [6, 6.07) is 11.8. The summed E-state index contributed by atoms with van der Waals surface area (Å²) < 4.78 is 24.5. The van der Waals surface area contributed by atoms with E-state index in [0.717, 1.165) is 18.7 Å². The van der Waals surface area contributed by atoms with Crippen LogP contribution in [0.4, 0.5) is 4.39 Å². The molecular weight excluding hydrogens is 371 g/mol. The number of halogens is 2. The lowest BCUT2D eigenvalue weighted by Gasteiger charge is -2.28. The van der Waals surface area contributed by atoms with Crippen LogP contribution in [-0.2, 0) is 0 Å². The van der Waals surface area contributed by atoms with E-state index in [2.05, 4.69) is 5.32 Å². The average Bonchev–Trinajstić information content (AvgIpc) is 3.35. The molecule has 3 aliphatic rings. The predicted molar refractivity (Wildman–Crippen MR) is 99.8 cm³/mol. The minimum Gasteiger partial charge on any atom is -0.454 e. The lowest BCUT2D eigenvalue weighted by atomic mass is 9.89. The summed E-state index contributed by atoms with van der Waals surface area (Å²) in [5, 5.41) is 3.40. The number of fused-ring (bicyclic) bond motifs is 2. The van der Waals surface area contributed by atoms with Gasteiger partial charge < -0.3 is 19.7 Å². The number of likely N-dealkylation sites (tertiary alicyclic amines) is 1. The summed E-state index contributed by atoms with van der Waals surface area (Å²) in [4.78, 5) is 15.2. The van der Waals surface area contributed by atoms with Gasteiger partial charge in [-0.2, -0.15) is 0 Å². The first kappa shape index (κ1) is 18.1. The van der Waals surface area contributed by atoms with Gasteiger partial charge >= 0.3 is 0 Å². The number of carbonyl (C=O) groups is 1. The van der Waals surface area contributed by atoms with Crippen molar-refractivity contribution >= 4 is 18.3 Å². The zero-order valence-electron chi connectivity index (χ0n) is 14.6. The van der Waals surface area contributed by atoms with Crippen LogP contribution in [0.2, 0.25) is 0 Å². The van der Waals surface area contributed by atoms with Crippen molar-refractivity contribution in [3.05, 3.63) is 59.4 Å². The van der Waals surface area contributed by atoms with Crippen LogP contribution in [0.5, 0.6) is 11.5 Å². The van der Waals surface area contributed by atoms with Crippen molar-refractivity contribution < 1.29 is 18.7 Å². The van der Waals surface area contributed by atoms with E-state index in [1.807, 2.05) is 11.0 Å². The van der Waals surface area contributed by atoms with Crippen molar-refractivity contribution in [1.29, 1.82) is 0 Å². The highest BCUT2D eigenvalue weighted by atomic mass is 35.5. The molecule has 2 aromatic carbocycles. The Morgan fingerprint density at radius 3 is 2.81 bits per heavy atom.